The number of nitrogens with zero attached hydrogens (tertiary/aromatic N) is 5. The molecule has 3 N–H and O–H groups in total. The first kappa shape index (κ1) is 26.1. The number of nitrogens with two attached hydrogens (primary N) is 1. The van der Waals surface area contributed by atoms with Gasteiger partial charge in [0.05, 0.1) is 31.1 Å². The van der Waals surface area contributed by atoms with Crippen molar-refractivity contribution in [2.75, 3.05) is 50.2 Å². The molecule has 0 atom stereocenters. The van der Waals surface area contributed by atoms with Crippen molar-refractivity contribution in [2.24, 2.45) is 10.7 Å². The molecule has 0 amide bonds. The van der Waals surface area contributed by atoms with Gasteiger partial charge >= 0.3 is 5.97 Å². The average Bonchev–Trinajstić information content (AvgIpc) is 2.93. The van der Waals surface area contributed by atoms with E-state index >= 15 is 0 Å². The number of esters is 1. The standard InChI is InChI=1S/C26H28ClN7O3/c1-3-37-25(35)19-5-4-17(21(28)8-9-29-2)16-20(19)23-22(27)24(31-18-6-10-30-11-7-18)33-26(32-23)34-12-14-36-15-13-34/h4-11,16H,3,12-15,28H2,1-2H3,(H,30,31,32,33)/b21-8-,29-9?. The highest BCUT2D eigenvalue weighted by Gasteiger charge is 2.24. The maximum atomic E-state index is 12.9. The lowest BCUT2D eigenvalue weighted by atomic mass is 9.99. The van der Waals surface area contributed by atoms with Crippen LogP contribution < -0.4 is 16.0 Å². The Hall–Kier alpha value is -4.02. The predicted molar refractivity (Wildman–Crippen MR) is 146 cm³/mol. The fourth-order valence-corrected chi connectivity index (χ4v) is 3.96. The van der Waals surface area contributed by atoms with E-state index in [1.54, 1.807) is 69.0 Å². The zero-order chi connectivity index (χ0) is 26.2. The van der Waals surface area contributed by atoms with Crippen molar-refractivity contribution in [3.05, 3.63) is 65.0 Å². The Morgan fingerprint density at radius 1 is 1.24 bits per heavy atom. The second-order valence-electron chi connectivity index (χ2n) is 8.01. The molecule has 0 unspecified atom stereocenters. The van der Waals surface area contributed by atoms with E-state index in [0.29, 0.717) is 66.2 Å². The number of morpholine rings is 1. The zero-order valence-electron chi connectivity index (χ0n) is 20.6. The Morgan fingerprint density at radius 2 is 2.00 bits per heavy atom. The summed E-state index contributed by atoms with van der Waals surface area (Å²) in [5.41, 5.74) is 9.33. The molecular weight excluding hydrogens is 494 g/mol. The van der Waals surface area contributed by atoms with Crippen LogP contribution in [0.4, 0.5) is 17.5 Å². The summed E-state index contributed by atoms with van der Waals surface area (Å²) in [6, 6.07) is 8.79. The average molecular weight is 522 g/mol. The number of allylic oxidation sites excluding steroid dienone is 1. The van der Waals surface area contributed by atoms with Gasteiger partial charge in [0.25, 0.3) is 0 Å². The van der Waals surface area contributed by atoms with Gasteiger partial charge in [-0.15, -0.1) is 0 Å². The number of benzene rings is 1. The first-order valence-corrected chi connectivity index (χ1v) is 12.2. The second kappa shape index (κ2) is 12.3. The summed E-state index contributed by atoms with van der Waals surface area (Å²) in [4.78, 5) is 32.5. The molecule has 11 heteroatoms. The van der Waals surface area contributed by atoms with Crippen LogP contribution in [0, 0.1) is 0 Å². The van der Waals surface area contributed by atoms with Crippen molar-refractivity contribution in [2.45, 2.75) is 6.92 Å². The van der Waals surface area contributed by atoms with Crippen LogP contribution in [0.2, 0.25) is 5.02 Å². The van der Waals surface area contributed by atoms with Crippen LogP contribution in [-0.2, 0) is 9.47 Å². The van der Waals surface area contributed by atoms with Gasteiger partial charge in [0, 0.05) is 55.7 Å². The number of carbonyl (C=O) groups excluding carboxylic acids is 1. The van der Waals surface area contributed by atoms with Crippen molar-refractivity contribution < 1.29 is 14.3 Å². The van der Waals surface area contributed by atoms with E-state index in [9.17, 15) is 4.79 Å². The molecule has 1 aliphatic rings. The highest BCUT2D eigenvalue weighted by Crippen LogP contribution is 2.37. The summed E-state index contributed by atoms with van der Waals surface area (Å²) in [5.74, 6) is 0.357. The minimum Gasteiger partial charge on any atom is -0.462 e. The number of rotatable bonds is 8. The normalized spacial score (nSPS) is 14.1. The monoisotopic (exact) mass is 521 g/mol. The van der Waals surface area contributed by atoms with E-state index in [4.69, 9.17) is 36.8 Å². The molecule has 4 rings (SSSR count). The number of halogens is 1. The summed E-state index contributed by atoms with van der Waals surface area (Å²) in [6.45, 7) is 4.32. The van der Waals surface area contributed by atoms with E-state index in [2.05, 4.69) is 15.3 Å². The Kier molecular flexibility index (Phi) is 8.65. The van der Waals surface area contributed by atoms with Crippen LogP contribution in [0.5, 0.6) is 0 Å². The van der Waals surface area contributed by atoms with Crippen LogP contribution in [0.25, 0.3) is 17.0 Å². The number of hydrogen-bond acceptors (Lipinski definition) is 10. The highest BCUT2D eigenvalue weighted by molar-refractivity contribution is 6.35. The maximum Gasteiger partial charge on any atom is 0.338 e. The smallest absolute Gasteiger partial charge is 0.338 e. The number of ether oxygens (including phenoxy) is 2. The van der Waals surface area contributed by atoms with Gasteiger partial charge in [0.1, 0.15) is 5.02 Å². The molecule has 1 aliphatic heterocycles. The Bertz CT molecular complexity index is 1310. The van der Waals surface area contributed by atoms with Crippen molar-refractivity contribution in [3.63, 3.8) is 0 Å². The third-order valence-electron chi connectivity index (χ3n) is 5.58. The van der Waals surface area contributed by atoms with Gasteiger partial charge in [0.15, 0.2) is 5.82 Å². The Labute approximate surface area is 220 Å². The molecule has 0 saturated carbocycles. The molecule has 0 spiro atoms. The minimum atomic E-state index is -0.493. The minimum absolute atomic E-state index is 0.223. The van der Waals surface area contributed by atoms with E-state index in [0.717, 1.165) is 5.69 Å². The molecule has 0 radical (unpaired) electrons. The van der Waals surface area contributed by atoms with Gasteiger partial charge in [-0.05, 0) is 42.8 Å². The molecule has 1 fully saturated rings. The maximum absolute atomic E-state index is 12.9. The fourth-order valence-electron chi connectivity index (χ4n) is 3.73. The largest absolute Gasteiger partial charge is 0.462 e. The topological polar surface area (TPSA) is 128 Å². The van der Waals surface area contributed by atoms with Gasteiger partial charge in [-0.2, -0.15) is 4.98 Å². The number of anilines is 3. The van der Waals surface area contributed by atoms with Crippen LogP contribution in [0.15, 0.2) is 53.8 Å². The van der Waals surface area contributed by atoms with Gasteiger partial charge in [-0.1, -0.05) is 17.7 Å². The van der Waals surface area contributed by atoms with Crippen molar-refractivity contribution >= 4 is 46.9 Å². The zero-order valence-corrected chi connectivity index (χ0v) is 21.4. The van der Waals surface area contributed by atoms with Crippen LogP contribution >= 0.6 is 11.6 Å². The van der Waals surface area contributed by atoms with E-state index < -0.39 is 5.97 Å². The van der Waals surface area contributed by atoms with Gasteiger partial charge in [-0.25, -0.2) is 9.78 Å². The molecule has 37 heavy (non-hydrogen) atoms. The summed E-state index contributed by atoms with van der Waals surface area (Å²) < 4.78 is 10.8. The third kappa shape index (κ3) is 6.22. The molecule has 1 aromatic carbocycles. The quantitative estimate of drug-likeness (QED) is 0.334. The molecule has 3 aromatic rings. The molecule has 1 saturated heterocycles. The predicted octanol–water partition coefficient (Wildman–Crippen LogP) is 3.95. The lowest BCUT2D eigenvalue weighted by Crippen LogP contribution is -2.37. The Morgan fingerprint density at radius 3 is 2.70 bits per heavy atom. The Balaban J connectivity index is 1.91. The number of carbonyl (C=O) groups is 1. The summed E-state index contributed by atoms with van der Waals surface area (Å²) in [7, 11) is 1.66. The van der Waals surface area contributed by atoms with Crippen LogP contribution in [0.3, 0.4) is 0 Å². The number of nitrogens with one attached hydrogen (secondary N) is 1. The molecular formula is C26H28ClN7O3. The van der Waals surface area contributed by atoms with Crippen molar-refractivity contribution in [1.29, 1.82) is 0 Å². The number of pyridine rings is 1. The highest BCUT2D eigenvalue weighted by atomic mass is 35.5. The molecule has 3 heterocycles. The van der Waals surface area contributed by atoms with Gasteiger partial charge in [0.2, 0.25) is 5.95 Å². The lowest BCUT2D eigenvalue weighted by molar-refractivity contribution is 0.0527. The third-order valence-corrected chi connectivity index (χ3v) is 5.94. The van der Waals surface area contributed by atoms with Gasteiger partial charge in [-0.3, -0.25) is 9.98 Å². The number of aliphatic imine (C=N–C) groups is 1. The molecule has 192 valence electrons. The molecule has 2 aromatic heterocycles. The van der Waals surface area contributed by atoms with Crippen LogP contribution in [-0.4, -0.2) is 67.1 Å². The molecule has 10 nitrogen and oxygen atoms in total. The first-order chi connectivity index (χ1) is 18.0. The first-order valence-electron chi connectivity index (χ1n) is 11.8. The van der Waals surface area contributed by atoms with Crippen molar-refractivity contribution in [3.8, 4) is 11.3 Å². The fraction of sp³-hybridized carbons (Fsp3) is 0.269. The summed E-state index contributed by atoms with van der Waals surface area (Å²) >= 11 is 6.91. The SMILES string of the molecule is CCOC(=O)c1ccc(/C(N)=C/C=NC)cc1-c1nc(N2CCOCC2)nc(Nc2ccncc2)c1Cl. The number of aromatic nitrogens is 3. The number of hydrogen-bond donors (Lipinski definition) is 2. The lowest BCUT2D eigenvalue weighted by Gasteiger charge is -2.28. The van der Waals surface area contributed by atoms with E-state index in [1.165, 1.54) is 0 Å². The molecule has 0 aliphatic carbocycles. The molecule has 0 bridgehead atoms. The summed E-state index contributed by atoms with van der Waals surface area (Å²) in [6.07, 6.45) is 6.61. The van der Waals surface area contributed by atoms with E-state index in [1.807, 2.05) is 4.90 Å². The van der Waals surface area contributed by atoms with Gasteiger partial charge < -0.3 is 25.4 Å². The summed E-state index contributed by atoms with van der Waals surface area (Å²) in [5, 5.41) is 3.49. The van der Waals surface area contributed by atoms with E-state index in [-0.39, 0.29) is 11.6 Å². The van der Waals surface area contributed by atoms with Crippen LogP contribution in [0.1, 0.15) is 22.8 Å². The second-order valence-corrected chi connectivity index (χ2v) is 8.38. The van der Waals surface area contributed by atoms with Crippen molar-refractivity contribution in [1.82, 2.24) is 15.0 Å².